The molecular formula is C20H25Cl2N5O. The number of benzene rings is 2. The largest absolute Gasteiger partial charge is 0.352 e. The maximum atomic E-state index is 12.4. The summed E-state index contributed by atoms with van der Waals surface area (Å²) in [6, 6.07) is 17.5. The average molecular weight is 422 g/mol. The lowest BCUT2D eigenvalue weighted by Gasteiger charge is -2.20. The summed E-state index contributed by atoms with van der Waals surface area (Å²) in [5, 5.41) is 7.06. The molecule has 0 aliphatic heterocycles. The third-order valence-electron chi connectivity index (χ3n) is 4.44. The van der Waals surface area contributed by atoms with Crippen molar-refractivity contribution in [3.63, 3.8) is 0 Å². The van der Waals surface area contributed by atoms with Crippen LogP contribution < -0.4 is 11.1 Å². The minimum absolute atomic E-state index is 0. The maximum absolute atomic E-state index is 12.4. The Morgan fingerprint density at radius 1 is 1.07 bits per heavy atom. The lowest BCUT2D eigenvalue weighted by molar-refractivity contribution is -0.125. The summed E-state index contributed by atoms with van der Waals surface area (Å²) >= 11 is 0. The van der Waals surface area contributed by atoms with Gasteiger partial charge in [-0.25, -0.2) is 9.67 Å². The first kappa shape index (κ1) is 23.6. The molecule has 2 aromatic carbocycles. The molecule has 0 saturated heterocycles. The van der Waals surface area contributed by atoms with Gasteiger partial charge in [-0.1, -0.05) is 61.5 Å². The van der Waals surface area contributed by atoms with E-state index in [9.17, 15) is 4.79 Å². The Hall–Kier alpha value is -2.41. The number of carbonyl (C=O) groups excluding carboxylic acids is 1. The van der Waals surface area contributed by atoms with Gasteiger partial charge < -0.3 is 11.1 Å². The standard InChI is InChI=1S/C20H23N5O.2ClH/c1-15(19(21)18-5-3-2-4-6-18)20(26)23-11-16-7-9-17(10-8-16)12-25-14-22-13-24-25;;/h2-10,13-15,19H,11-12,21H2,1H3,(H,23,26);2*1H. The lowest BCUT2D eigenvalue weighted by Crippen LogP contribution is -2.35. The number of hydrogen-bond acceptors (Lipinski definition) is 4. The zero-order chi connectivity index (χ0) is 18.4. The van der Waals surface area contributed by atoms with Gasteiger partial charge in [0.15, 0.2) is 0 Å². The Kier molecular flexibility index (Phi) is 9.65. The summed E-state index contributed by atoms with van der Waals surface area (Å²) in [5.41, 5.74) is 9.36. The molecule has 28 heavy (non-hydrogen) atoms. The minimum Gasteiger partial charge on any atom is -0.352 e. The zero-order valence-electron chi connectivity index (χ0n) is 15.6. The molecule has 0 saturated carbocycles. The van der Waals surface area contributed by atoms with E-state index in [1.807, 2.05) is 61.5 Å². The van der Waals surface area contributed by atoms with Crippen molar-refractivity contribution < 1.29 is 4.79 Å². The van der Waals surface area contributed by atoms with Gasteiger partial charge in [0.05, 0.1) is 12.5 Å². The predicted molar refractivity (Wildman–Crippen MR) is 114 cm³/mol. The van der Waals surface area contributed by atoms with Gasteiger partial charge in [-0.2, -0.15) is 5.10 Å². The number of nitrogens with zero attached hydrogens (tertiary/aromatic N) is 3. The van der Waals surface area contributed by atoms with Crippen LogP contribution in [0.1, 0.15) is 29.7 Å². The number of aromatic nitrogens is 3. The summed E-state index contributed by atoms with van der Waals surface area (Å²) in [6.45, 7) is 3.01. The molecule has 0 bridgehead atoms. The van der Waals surface area contributed by atoms with Crippen molar-refractivity contribution in [1.29, 1.82) is 0 Å². The number of halogens is 2. The second-order valence-corrected chi connectivity index (χ2v) is 6.35. The molecule has 0 fully saturated rings. The molecule has 2 unspecified atom stereocenters. The van der Waals surface area contributed by atoms with Gasteiger partial charge in [0, 0.05) is 12.6 Å². The molecule has 2 atom stereocenters. The van der Waals surface area contributed by atoms with Crippen LogP contribution in [-0.2, 0) is 17.9 Å². The molecule has 8 heteroatoms. The highest BCUT2D eigenvalue weighted by Gasteiger charge is 2.21. The van der Waals surface area contributed by atoms with Crippen LogP contribution in [0.4, 0.5) is 0 Å². The van der Waals surface area contributed by atoms with Gasteiger partial charge in [0.25, 0.3) is 0 Å². The van der Waals surface area contributed by atoms with Crippen LogP contribution in [0.3, 0.4) is 0 Å². The van der Waals surface area contributed by atoms with Gasteiger partial charge in [0.1, 0.15) is 12.7 Å². The number of nitrogens with two attached hydrogens (primary N) is 1. The molecule has 3 aromatic rings. The number of nitrogens with one attached hydrogen (secondary N) is 1. The Morgan fingerprint density at radius 2 is 1.71 bits per heavy atom. The van der Waals surface area contributed by atoms with Crippen LogP contribution in [0.2, 0.25) is 0 Å². The van der Waals surface area contributed by atoms with E-state index in [1.54, 1.807) is 11.0 Å². The topological polar surface area (TPSA) is 85.8 Å². The summed E-state index contributed by atoms with van der Waals surface area (Å²) in [7, 11) is 0. The molecule has 150 valence electrons. The van der Waals surface area contributed by atoms with E-state index in [1.165, 1.54) is 6.33 Å². The van der Waals surface area contributed by atoms with Crippen molar-refractivity contribution >= 4 is 30.7 Å². The van der Waals surface area contributed by atoms with Gasteiger partial charge >= 0.3 is 0 Å². The molecule has 0 spiro atoms. The number of carbonyl (C=O) groups is 1. The number of hydrogen-bond donors (Lipinski definition) is 2. The molecule has 1 heterocycles. The predicted octanol–water partition coefficient (Wildman–Crippen LogP) is 3.12. The Balaban J connectivity index is 0.00000196. The van der Waals surface area contributed by atoms with Gasteiger partial charge in [-0.15, -0.1) is 24.8 Å². The summed E-state index contributed by atoms with van der Waals surface area (Å²) in [5.74, 6) is -0.350. The van der Waals surface area contributed by atoms with E-state index < -0.39 is 0 Å². The van der Waals surface area contributed by atoms with Crippen LogP contribution in [-0.4, -0.2) is 20.7 Å². The van der Waals surface area contributed by atoms with Crippen molar-refractivity contribution in [3.05, 3.63) is 83.9 Å². The van der Waals surface area contributed by atoms with Gasteiger partial charge in [-0.05, 0) is 16.7 Å². The van der Waals surface area contributed by atoms with Crippen molar-refractivity contribution in [2.45, 2.75) is 26.1 Å². The van der Waals surface area contributed by atoms with Crippen LogP contribution in [0.5, 0.6) is 0 Å². The van der Waals surface area contributed by atoms with Gasteiger partial charge in [-0.3, -0.25) is 4.79 Å². The van der Waals surface area contributed by atoms with E-state index in [0.717, 1.165) is 16.7 Å². The van der Waals surface area contributed by atoms with Crippen molar-refractivity contribution in [2.24, 2.45) is 11.7 Å². The highest BCUT2D eigenvalue weighted by molar-refractivity contribution is 5.85. The first-order valence-corrected chi connectivity index (χ1v) is 8.62. The molecule has 1 amide bonds. The quantitative estimate of drug-likeness (QED) is 0.613. The van der Waals surface area contributed by atoms with Gasteiger partial charge in [0.2, 0.25) is 5.91 Å². The van der Waals surface area contributed by atoms with E-state index in [4.69, 9.17) is 5.73 Å². The van der Waals surface area contributed by atoms with Crippen molar-refractivity contribution in [1.82, 2.24) is 20.1 Å². The molecular weight excluding hydrogens is 397 g/mol. The fraction of sp³-hybridized carbons (Fsp3) is 0.250. The van der Waals surface area contributed by atoms with Crippen LogP contribution in [0.15, 0.2) is 67.3 Å². The Bertz CT molecular complexity index is 826. The minimum atomic E-state index is -0.318. The molecule has 3 N–H and O–H groups in total. The zero-order valence-corrected chi connectivity index (χ0v) is 17.2. The average Bonchev–Trinajstić information content (AvgIpc) is 3.19. The first-order valence-electron chi connectivity index (χ1n) is 8.62. The van der Waals surface area contributed by atoms with Crippen LogP contribution >= 0.6 is 24.8 Å². The summed E-state index contributed by atoms with van der Waals surface area (Å²) < 4.78 is 1.77. The van der Waals surface area contributed by atoms with Crippen LogP contribution in [0.25, 0.3) is 0 Å². The SMILES string of the molecule is CC(C(=O)NCc1ccc(Cn2cncn2)cc1)C(N)c1ccccc1.Cl.Cl. The molecule has 0 aliphatic carbocycles. The highest BCUT2D eigenvalue weighted by atomic mass is 35.5. The van der Waals surface area contributed by atoms with E-state index in [2.05, 4.69) is 15.4 Å². The molecule has 1 aromatic heterocycles. The molecule has 0 aliphatic rings. The molecule has 0 radical (unpaired) electrons. The normalized spacial score (nSPS) is 12.2. The number of rotatable bonds is 7. The van der Waals surface area contributed by atoms with E-state index >= 15 is 0 Å². The Morgan fingerprint density at radius 3 is 2.32 bits per heavy atom. The Labute approximate surface area is 177 Å². The fourth-order valence-electron chi connectivity index (χ4n) is 2.74. The van der Waals surface area contributed by atoms with Crippen molar-refractivity contribution in [2.75, 3.05) is 0 Å². The summed E-state index contributed by atoms with van der Waals surface area (Å²) in [4.78, 5) is 16.3. The molecule has 6 nitrogen and oxygen atoms in total. The van der Waals surface area contributed by atoms with Crippen molar-refractivity contribution in [3.8, 4) is 0 Å². The van der Waals surface area contributed by atoms with E-state index in [-0.39, 0.29) is 42.7 Å². The number of amides is 1. The fourth-order valence-corrected chi connectivity index (χ4v) is 2.74. The third kappa shape index (κ3) is 6.34. The molecule has 3 rings (SSSR count). The maximum Gasteiger partial charge on any atom is 0.225 e. The highest BCUT2D eigenvalue weighted by Crippen LogP contribution is 2.19. The summed E-state index contributed by atoms with van der Waals surface area (Å²) in [6.07, 6.45) is 3.21. The van der Waals surface area contributed by atoms with Crippen LogP contribution in [0, 0.1) is 5.92 Å². The smallest absolute Gasteiger partial charge is 0.225 e. The second kappa shape index (κ2) is 11.4. The monoisotopic (exact) mass is 421 g/mol. The van der Waals surface area contributed by atoms with E-state index in [0.29, 0.717) is 13.1 Å². The second-order valence-electron chi connectivity index (χ2n) is 6.35. The first-order chi connectivity index (χ1) is 12.6. The lowest BCUT2D eigenvalue weighted by atomic mass is 9.94. The third-order valence-corrected chi connectivity index (χ3v) is 4.44.